The number of nitrogens with two attached hydrogens (primary N) is 1. The van der Waals surface area contributed by atoms with Crippen LogP contribution in [0.3, 0.4) is 0 Å². The van der Waals surface area contributed by atoms with Gasteiger partial charge in [-0.1, -0.05) is 6.08 Å². The van der Waals surface area contributed by atoms with E-state index in [0.717, 1.165) is 0 Å². The Morgan fingerprint density at radius 2 is 2.46 bits per heavy atom. The standard InChI is InChI=1S/C8H16N2O3/c1-2-4-8(12)13-7(10-9)5-3-6-11/h2,4,7,10-11H,3,5-6,9H2,1H3/b4-2+. The lowest BCUT2D eigenvalue weighted by Gasteiger charge is -2.14. The summed E-state index contributed by atoms with van der Waals surface area (Å²) in [7, 11) is 0. The highest BCUT2D eigenvalue weighted by molar-refractivity contribution is 5.81. The molecule has 4 N–H and O–H groups in total. The largest absolute Gasteiger partial charge is 0.442 e. The molecule has 0 aliphatic carbocycles. The molecular weight excluding hydrogens is 172 g/mol. The third-order valence-corrected chi connectivity index (χ3v) is 1.37. The second kappa shape index (κ2) is 7.72. The first-order valence-electron chi connectivity index (χ1n) is 4.15. The summed E-state index contributed by atoms with van der Waals surface area (Å²) in [5, 5.41) is 8.53. The Labute approximate surface area is 77.5 Å². The highest BCUT2D eigenvalue weighted by Gasteiger charge is 2.09. The summed E-state index contributed by atoms with van der Waals surface area (Å²) in [4.78, 5) is 10.9. The Morgan fingerprint density at radius 3 is 2.92 bits per heavy atom. The highest BCUT2D eigenvalue weighted by atomic mass is 16.6. The van der Waals surface area contributed by atoms with Gasteiger partial charge in [0.1, 0.15) is 0 Å². The van der Waals surface area contributed by atoms with Crippen molar-refractivity contribution in [3.8, 4) is 0 Å². The zero-order valence-corrected chi connectivity index (χ0v) is 7.69. The summed E-state index contributed by atoms with van der Waals surface area (Å²) in [6, 6.07) is 0. The van der Waals surface area contributed by atoms with Gasteiger partial charge in [-0.15, -0.1) is 0 Å². The molecule has 0 radical (unpaired) electrons. The SMILES string of the molecule is C/C=C/C(=O)OC(CCCO)NN. The van der Waals surface area contributed by atoms with E-state index >= 15 is 0 Å². The van der Waals surface area contributed by atoms with Gasteiger partial charge in [-0.05, 0) is 13.3 Å². The van der Waals surface area contributed by atoms with Crippen LogP contribution in [0.4, 0.5) is 0 Å². The van der Waals surface area contributed by atoms with Crippen molar-refractivity contribution in [1.29, 1.82) is 0 Å². The van der Waals surface area contributed by atoms with E-state index in [1.807, 2.05) is 0 Å². The summed E-state index contributed by atoms with van der Waals surface area (Å²) < 4.78 is 4.87. The maximum absolute atomic E-state index is 10.9. The molecule has 13 heavy (non-hydrogen) atoms. The first-order chi connectivity index (χ1) is 6.24. The highest BCUT2D eigenvalue weighted by Crippen LogP contribution is 1.98. The van der Waals surface area contributed by atoms with Gasteiger partial charge in [0.25, 0.3) is 0 Å². The first kappa shape index (κ1) is 12.1. The molecule has 1 unspecified atom stereocenters. The molecule has 5 nitrogen and oxygen atoms in total. The van der Waals surface area contributed by atoms with Crippen LogP contribution in [0.15, 0.2) is 12.2 Å². The number of hydrogen-bond acceptors (Lipinski definition) is 5. The topological polar surface area (TPSA) is 84.6 Å². The molecule has 0 spiro atoms. The van der Waals surface area contributed by atoms with Gasteiger partial charge in [0, 0.05) is 19.1 Å². The minimum Gasteiger partial charge on any atom is -0.442 e. The van der Waals surface area contributed by atoms with Gasteiger partial charge in [0.15, 0.2) is 6.23 Å². The van der Waals surface area contributed by atoms with Crippen LogP contribution in [0.1, 0.15) is 19.8 Å². The van der Waals surface area contributed by atoms with E-state index in [2.05, 4.69) is 5.43 Å². The van der Waals surface area contributed by atoms with E-state index in [-0.39, 0.29) is 6.61 Å². The molecule has 0 rings (SSSR count). The van der Waals surface area contributed by atoms with Gasteiger partial charge >= 0.3 is 5.97 Å². The number of aliphatic hydroxyl groups excluding tert-OH is 1. The van der Waals surface area contributed by atoms with Crippen LogP contribution < -0.4 is 11.3 Å². The Kier molecular flexibility index (Phi) is 7.18. The number of carbonyl (C=O) groups excluding carboxylic acids is 1. The van der Waals surface area contributed by atoms with Crippen molar-refractivity contribution in [3.63, 3.8) is 0 Å². The fourth-order valence-electron chi connectivity index (χ4n) is 0.769. The van der Waals surface area contributed by atoms with Gasteiger partial charge in [0.2, 0.25) is 0 Å². The molecule has 0 aromatic carbocycles. The zero-order valence-electron chi connectivity index (χ0n) is 7.69. The molecule has 76 valence electrons. The number of allylic oxidation sites excluding steroid dienone is 1. The molecule has 5 heteroatoms. The normalized spacial score (nSPS) is 13.2. The third-order valence-electron chi connectivity index (χ3n) is 1.37. The smallest absolute Gasteiger partial charge is 0.332 e. The average Bonchev–Trinajstić information content (AvgIpc) is 2.12. The summed E-state index contributed by atoms with van der Waals surface area (Å²) in [5.41, 5.74) is 2.34. The fourth-order valence-corrected chi connectivity index (χ4v) is 0.769. The van der Waals surface area contributed by atoms with Crippen molar-refractivity contribution in [2.75, 3.05) is 6.61 Å². The molecular formula is C8H16N2O3. The van der Waals surface area contributed by atoms with Crippen LogP contribution in [0.25, 0.3) is 0 Å². The molecule has 0 aliphatic rings. The number of hydrogen-bond donors (Lipinski definition) is 3. The van der Waals surface area contributed by atoms with Crippen molar-refractivity contribution in [1.82, 2.24) is 5.43 Å². The molecule has 0 saturated heterocycles. The van der Waals surface area contributed by atoms with Crippen LogP contribution in [0.2, 0.25) is 0 Å². The molecule has 0 saturated carbocycles. The maximum Gasteiger partial charge on any atom is 0.332 e. The molecule has 1 atom stereocenters. The summed E-state index contributed by atoms with van der Waals surface area (Å²) in [5.74, 6) is 4.68. The monoisotopic (exact) mass is 188 g/mol. The van der Waals surface area contributed by atoms with Gasteiger partial charge in [0.05, 0.1) is 0 Å². The van der Waals surface area contributed by atoms with Crippen LogP contribution >= 0.6 is 0 Å². The van der Waals surface area contributed by atoms with E-state index in [0.29, 0.717) is 12.8 Å². The van der Waals surface area contributed by atoms with Gasteiger partial charge < -0.3 is 9.84 Å². The summed E-state index contributed by atoms with van der Waals surface area (Å²) >= 11 is 0. The number of rotatable bonds is 6. The Hall–Kier alpha value is -0.910. The van der Waals surface area contributed by atoms with Crippen LogP contribution in [-0.4, -0.2) is 23.9 Å². The van der Waals surface area contributed by atoms with Gasteiger partial charge in [-0.3, -0.25) is 5.84 Å². The lowest BCUT2D eigenvalue weighted by Crippen LogP contribution is -2.38. The molecule has 0 amide bonds. The Morgan fingerprint density at radius 1 is 1.77 bits per heavy atom. The predicted octanol–water partition coefficient (Wildman–Crippen LogP) is -0.332. The van der Waals surface area contributed by atoms with Gasteiger partial charge in [-0.2, -0.15) is 0 Å². The quantitative estimate of drug-likeness (QED) is 0.175. The average molecular weight is 188 g/mol. The molecule has 0 aliphatic heterocycles. The lowest BCUT2D eigenvalue weighted by molar-refractivity contribution is -0.145. The minimum atomic E-state index is -0.532. The predicted molar refractivity (Wildman–Crippen MR) is 48.3 cm³/mol. The summed E-state index contributed by atoms with van der Waals surface area (Å²) in [6.45, 7) is 1.78. The van der Waals surface area contributed by atoms with E-state index in [1.165, 1.54) is 6.08 Å². The van der Waals surface area contributed by atoms with Crippen LogP contribution in [-0.2, 0) is 9.53 Å². The molecule has 0 bridgehead atoms. The zero-order chi connectivity index (χ0) is 10.1. The van der Waals surface area contributed by atoms with Crippen LogP contribution in [0.5, 0.6) is 0 Å². The van der Waals surface area contributed by atoms with E-state index in [4.69, 9.17) is 15.7 Å². The van der Waals surface area contributed by atoms with E-state index < -0.39 is 12.2 Å². The van der Waals surface area contributed by atoms with Crippen LogP contribution in [0, 0.1) is 0 Å². The van der Waals surface area contributed by atoms with Crippen molar-refractivity contribution >= 4 is 5.97 Å². The van der Waals surface area contributed by atoms with Gasteiger partial charge in [-0.25, -0.2) is 10.2 Å². The van der Waals surface area contributed by atoms with Crippen molar-refractivity contribution in [3.05, 3.63) is 12.2 Å². The molecule has 0 heterocycles. The second-order valence-electron chi connectivity index (χ2n) is 2.46. The number of carbonyl (C=O) groups is 1. The van der Waals surface area contributed by atoms with Crippen molar-refractivity contribution in [2.24, 2.45) is 5.84 Å². The number of nitrogens with one attached hydrogen (secondary N) is 1. The van der Waals surface area contributed by atoms with E-state index in [9.17, 15) is 4.79 Å². The molecule has 0 aromatic heterocycles. The lowest BCUT2D eigenvalue weighted by atomic mass is 10.3. The number of esters is 1. The Bertz CT molecular complexity index is 171. The third kappa shape index (κ3) is 6.27. The van der Waals surface area contributed by atoms with E-state index in [1.54, 1.807) is 13.0 Å². The molecule has 0 aromatic rings. The minimum absolute atomic E-state index is 0.0549. The van der Waals surface area contributed by atoms with Crippen molar-refractivity contribution in [2.45, 2.75) is 26.0 Å². The molecule has 0 fully saturated rings. The summed E-state index contributed by atoms with van der Waals surface area (Å²) in [6.07, 6.45) is 3.40. The second-order valence-corrected chi connectivity index (χ2v) is 2.46. The number of hydrazine groups is 1. The number of ether oxygens (including phenoxy) is 1. The number of aliphatic hydroxyl groups is 1. The fraction of sp³-hybridized carbons (Fsp3) is 0.625. The maximum atomic E-state index is 10.9. The van der Waals surface area contributed by atoms with Crippen molar-refractivity contribution < 1.29 is 14.6 Å². The first-order valence-corrected chi connectivity index (χ1v) is 4.15. The Balaban J connectivity index is 3.76.